The summed E-state index contributed by atoms with van der Waals surface area (Å²) < 4.78 is 0. The standard InChI is InChI=1S/C12H15N3/c1-2-9-14-11-6-3-4-7-12(11)15-10-5-8-13/h2-10,14H,13H2,1H3/b8-5+,9-2+,15-10?. The van der Waals surface area contributed by atoms with E-state index in [4.69, 9.17) is 5.73 Å². The Morgan fingerprint density at radius 3 is 2.87 bits per heavy atom. The van der Waals surface area contributed by atoms with Gasteiger partial charge in [0.2, 0.25) is 0 Å². The van der Waals surface area contributed by atoms with E-state index in [2.05, 4.69) is 10.3 Å². The Labute approximate surface area is 90.0 Å². The smallest absolute Gasteiger partial charge is 0.0864 e. The molecule has 1 aromatic carbocycles. The molecule has 0 radical (unpaired) electrons. The van der Waals surface area contributed by atoms with E-state index in [0.29, 0.717) is 0 Å². The van der Waals surface area contributed by atoms with Crippen molar-refractivity contribution in [1.29, 1.82) is 0 Å². The molecule has 0 saturated carbocycles. The van der Waals surface area contributed by atoms with Crippen molar-refractivity contribution in [2.45, 2.75) is 6.92 Å². The van der Waals surface area contributed by atoms with Crippen LogP contribution in [-0.4, -0.2) is 6.21 Å². The van der Waals surface area contributed by atoms with Crippen molar-refractivity contribution in [3.63, 3.8) is 0 Å². The molecule has 0 heterocycles. The molecule has 0 aliphatic carbocycles. The zero-order valence-electron chi connectivity index (χ0n) is 8.72. The molecule has 1 aromatic rings. The summed E-state index contributed by atoms with van der Waals surface area (Å²) in [6.45, 7) is 1.95. The van der Waals surface area contributed by atoms with Crippen molar-refractivity contribution < 1.29 is 0 Å². The van der Waals surface area contributed by atoms with Crippen molar-refractivity contribution in [3.8, 4) is 0 Å². The molecule has 15 heavy (non-hydrogen) atoms. The van der Waals surface area contributed by atoms with Crippen LogP contribution in [0, 0.1) is 0 Å². The highest BCUT2D eigenvalue weighted by Crippen LogP contribution is 2.23. The quantitative estimate of drug-likeness (QED) is 0.736. The molecule has 78 valence electrons. The highest BCUT2D eigenvalue weighted by molar-refractivity contribution is 5.78. The van der Waals surface area contributed by atoms with Crippen LogP contribution < -0.4 is 11.1 Å². The SMILES string of the molecule is C/C=C/Nc1ccccc1N=C/C=C/N. The Balaban J connectivity index is 2.85. The van der Waals surface area contributed by atoms with Gasteiger partial charge in [0.15, 0.2) is 0 Å². The Morgan fingerprint density at radius 2 is 2.13 bits per heavy atom. The number of nitrogens with zero attached hydrogens (tertiary/aromatic N) is 1. The minimum absolute atomic E-state index is 0.883. The van der Waals surface area contributed by atoms with Crippen LogP contribution in [0.15, 0.2) is 53.8 Å². The van der Waals surface area contributed by atoms with Crippen LogP contribution in [0.25, 0.3) is 0 Å². The van der Waals surface area contributed by atoms with Gasteiger partial charge in [0.05, 0.1) is 11.4 Å². The molecule has 0 unspecified atom stereocenters. The van der Waals surface area contributed by atoms with Crippen LogP contribution in [0.5, 0.6) is 0 Å². The van der Waals surface area contributed by atoms with E-state index in [-0.39, 0.29) is 0 Å². The van der Waals surface area contributed by atoms with Crippen LogP contribution in [0.4, 0.5) is 11.4 Å². The fraction of sp³-hybridized carbons (Fsp3) is 0.0833. The number of para-hydroxylation sites is 2. The molecule has 0 amide bonds. The Hall–Kier alpha value is -2.03. The lowest BCUT2D eigenvalue weighted by molar-refractivity contribution is 1.48. The number of allylic oxidation sites excluding steroid dienone is 2. The van der Waals surface area contributed by atoms with E-state index < -0.39 is 0 Å². The van der Waals surface area contributed by atoms with Gasteiger partial charge >= 0.3 is 0 Å². The first kappa shape index (κ1) is 11.0. The van der Waals surface area contributed by atoms with E-state index in [1.54, 1.807) is 12.3 Å². The predicted molar refractivity (Wildman–Crippen MR) is 66.4 cm³/mol. The van der Waals surface area contributed by atoms with Gasteiger partial charge in [-0.2, -0.15) is 0 Å². The van der Waals surface area contributed by atoms with Crippen LogP contribution in [0.1, 0.15) is 6.92 Å². The lowest BCUT2D eigenvalue weighted by Gasteiger charge is -2.03. The molecule has 0 bridgehead atoms. The minimum atomic E-state index is 0.883. The average molecular weight is 201 g/mol. The van der Waals surface area contributed by atoms with E-state index in [0.717, 1.165) is 11.4 Å². The number of anilines is 1. The summed E-state index contributed by atoms with van der Waals surface area (Å²) in [6.07, 6.45) is 8.60. The third-order valence-corrected chi connectivity index (χ3v) is 1.72. The highest BCUT2D eigenvalue weighted by atomic mass is 14.9. The number of nitrogens with two attached hydrogens (primary N) is 1. The monoisotopic (exact) mass is 201 g/mol. The highest BCUT2D eigenvalue weighted by Gasteiger charge is 1.95. The van der Waals surface area contributed by atoms with Crippen LogP contribution in [-0.2, 0) is 0 Å². The van der Waals surface area contributed by atoms with Crippen molar-refractivity contribution >= 4 is 17.6 Å². The van der Waals surface area contributed by atoms with Gasteiger partial charge in [0, 0.05) is 6.21 Å². The van der Waals surface area contributed by atoms with Gasteiger partial charge in [-0.25, -0.2) is 0 Å². The molecule has 0 aromatic heterocycles. The normalized spacial score (nSPS) is 11.8. The summed E-state index contributed by atoms with van der Waals surface area (Å²) >= 11 is 0. The summed E-state index contributed by atoms with van der Waals surface area (Å²) in [7, 11) is 0. The molecule has 0 spiro atoms. The van der Waals surface area contributed by atoms with Crippen molar-refractivity contribution in [3.05, 3.63) is 48.8 Å². The zero-order chi connectivity index (χ0) is 10.9. The molecule has 0 atom stereocenters. The van der Waals surface area contributed by atoms with Crippen molar-refractivity contribution in [2.75, 3.05) is 5.32 Å². The summed E-state index contributed by atoms with van der Waals surface area (Å²) in [5, 5.41) is 3.14. The molecular formula is C12H15N3. The third kappa shape index (κ3) is 3.68. The molecule has 3 N–H and O–H groups in total. The second-order valence-corrected chi connectivity index (χ2v) is 2.82. The van der Waals surface area contributed by atoms with Crippen molar-refractivity contribution in [2.24, 2.45) is 10.7 Å². The molecule has 0 saturated heterocycles. The first-order chi connectivity index (χ1) is 7.38. The number of hydrogen-bond donors (Lipinski definition) is 2. The maximum atomic E-state index is 5.21. The third-order valence-electron chi connectivity index (χ3n) is 1.72. The van der Waals surface area contributed by atoms with Gasteiger partial charge in [-0.15, -0.1) is 0 Å². The number of aliphatic imine (C=N–C) groups is 1. The molecule has 0 fully saturated rings. The Kier molecular flexibility index (Phi) is 4.73. The number of nitrogens with one attached hydrogen (secondary N) is 1. The number of benzene rings is 1. The van der Waals surface area contributed by atoms with Gasteiger partial charge in [-0.05, 0) is 37.5 Å². The number of hydrogen-bond acceptors (Lipinski definition) is 3. The molecular weight excluding hydrogens is 186 g/mol. The molecule has 3 nitrogen and oxygen atoms in total. The average Bonchev–Trinajstić information content (AvgIpc) is 2.28. The Morgan fingerprint density at radius 1 is 1.33 bits per heavy atom. The zero-order valence-corrected chi connectivity index (χ0v) is 8.72. The van der Waals surface area contributed by atoms with E-state index >= 15 is 0 Å². The fourth-order valence-corrected chi connectivity index (χ4v) is 1.05. The molecule has 0 aliphatic heterocycles. The molecule has 1 rings (SSSR count). The van der Waals surface area contributed by atoms with Crippen LogP contribution in [0.2, 0.25) is 0 Å². The second kappa shape index (κ2) is 6.43. The fourth-order valence-electron chi connectivity index (χ4n) is 1.05. The molecule has 0 aliphatic rings. The van der Waals surface area contributed by atoms with Gasteiger partial charge in [-0.1, -0.05) is 18.2 Å². The molecule has 3 heteroatoms. The Bertz CT molecular complexity index is 378. The van der Waals surface area contributed by atoms with Gasteiger partial charge in [0.1, 0.15) is 0 Å². The summed E-state index contributed by atoms with van der Waals surface area (Å²) in [6, 6.07) is 7.81. The maximum Gasteiger partial charge on any atom is 0.0864 e. The van der Waals surface area contributed by atoms with Crippen LogP contribution in [0.3, 0.4) is 0 Å². The topological polar surface area (TPSA) is 50.4 Å². The lowest BCUT2D eigenvalue weighted by atomic mass is 10.2. The van der Waals surface area contributed by atoms with Gasteiger partial charge in [-0.3, -0.25) is 4.99 Å². The van der Waals surface area contributed by atoms with E-state index in [9.17, 15) is 0 Å². The van der Waals surface area contributed by atoms with E-state index in [1.807, 2.05) is 43.5 Å². The largest absolute Gasteiger partial charge is 0.405 e. The minimum Gasteiger partial charge on any atom is -0.405 e. The summed E-state index contributed by atoms with van der Waals surface area (Å²) in [5.41, 5.74) is 7.07. The summed E-state index contributed by atoms with van der Waals surface area (Å²) in [5.74, 6) is 0. The maximum absolute atomic E-state index is 5.21. The first-order valence-electron chi connectivity index (χ1n) is 4.76. The van der Waals surface area contributed by atoms with Crippen molar-refractivity contribution in [1.82, 2.24) is 0 Å². The van der Waals surface area contributed by atoms with Gasteiger partial charge < -0.3 is 11.1 Å². The lowest BCUT2D eigenvalue weighted by Crippen LogP contribution is -1.86. The van der Waals surface area contributed by atoms with Gasteiger partial charge in [0.25, 0.3) is 0 Å². The van der Waals surface area contributed by atoms with Crippen LogP contribution >= 0.6 is 0 Å². The van der Waals surface area contributed by atoms with E-state index in [1.165, 1.54) is 6.20 Å². The first-order valence-corrected chi connectivity index (χ1v) is 4.76. The second-order valence-electron chi connectivity index (χ2n) is 2.82. The summed E-state index contributed by atoms with van der Waals surface area (Å²) in [4.78, 5) is 4.26. The number of rotatable bonds is 4. The predicted octanol–water partition coefficient (Wildman–Crippen LogP) is 2.81.